The Morgan fingerprint density at radius 2 is 1.02 bits per heavy atom. The zero-order valence-corrected chi connectivity index (χ0v) is 36.8. The van der Waals surface area contributed by atoms with Crippen LogP contribution in [0.2, 0.25) is 0 Å². The Balaban J connectivity index is 2.33. The molecule has 0 fully saturated rings. The van der Waals surface area contributed by atoms with Crippen LogP contribution in [0.3, 0.4) is 0 Å². The Morgan fingerprint density at radius 3 is 1.43 bits per heavy atom. The third-order valence-electron chi connectivity index (χ3n) is 9.30. The van der Waals surface area contributed by atoms with E-state index in [1.807, 2.05) is 81.4 Å². The summed E-state index contributed by atoms with van der Waals surface area (Å²) < 4.78 is 5.37. The maximum atomic E-state index is 13.9. The Bertz CT molecular complexity index is 1730. The van der Waals surface area contributed by atoms with E-state index in [-0.39, 0.29) is 17.7 Å². The number of esters is 1. The second-order valence-corrected chi connectivity index (χ2v) is 18.1. The zero-order chi connectivity index (χ0) is 45.4. The number of carbonyl (C=O) groups excluding carboxylic acids is 8. The Kier molecular flexibility index (Phi) is 19.6. The van der Waals surface area contributed by atoms with Crippen LogP contribution >= 0.6 is 0 Å². The van der Waals surface area contributed by atoms with Gasteiger partial charge in [0.15, 0.2) is 0 Å². The van der Waals surface area contributed by atoms with E-state index in [2.05, 4.69) is 26.6 Å². The van der Waals surface area contributed by atoms with Crippen molar-refractivity contribution >= 4 is 47.7 Å². The molecule has 15 heteroatoms. The van der Waals surface area contributed by atoms with Gasteiger partial charge in [0.05, 0.1) is 18.9 Å². The van der Waals surface area contributed by atoms with Crippen LogP contribution in [0.25, 0.3) is 0 Å². The number of rotatable bonds is 22. The fraction of sp³-hybridized carbons (Fsp3) is 0.556. The molecule has 60 heavy (non-hydrogen) atoms. The highest BCUT2D eigenvalue weighted by Crippen LogP contribution is 2.21. The van der Waals surface area contributed by atoms with Gasteiger partial charge in [0.2, 0.25) is 35.4 Å². The smallest absolute Gasteiger partial charge is 0.308 e. The van der Waals surface area contributed by atoms with E-state index in [1.54, 1.807) is 48.5 Å². The topological polar surface area (TPSA) is 232 Å². The molecule has 15 nitrogen and oxygen atoms in total. The molecule has 2 aromatic rings. The molecule has 7 N–H and O–H groups in total. The molecule has 0 radical (unpaired) electrons. The number of hydrogen-bond acceptors (Lipinski definition) is 9. The van der Waals surface area contributed by atoms with E-state index in [0.717, 1.165) is 11.1 Å². The van der Waals surface area contributed by atoms with Gasteiger partial charge in [0.25, 0.3) is 0 Å². The molecule has 0 heterocycles. The Hall–Kier alpha value is -5.60. The average molecular weight is 835 g/mol. The Morgan fingerprint density at radius 1 is 0.600 bits per heavy atom. The van der Waals surface area contributed by atoms with Gasteiger partial charge in [-0.15, -0.1) is 0 Å². The molecule has 0 unspecified atom stereocenters. The number of hydrogen-bond donors (Lipinski definition) is 6. The Labute approximate surface area is 354 Å². The molecular weight excluding hydrogens is 769 g/mol. The number of nitrogens with two attached hydrogens (primary N) is 1. The van der Waals surface area contributed by atoms with Crippen molar-refractivity contribution in [2.75, 3.05) is 0 Å². The summed E-state index contributed by atoms with van der Waals surface area (Å²) in [5.74, 6) is -7.02. The molecule has 0 saturated heterocycles. The molecule has 0 saturated carbocycles. The SMILES string of the molecule is CC(C)[C@H](NC(=O)C(Cc1ccccc1)Cc1ccccc1)C(=O)N[C@H](C(=O)N[C@@H](CC(N)=O)C(=O)N[C@@H](CC(=O)OC(C)(C)C)C(=O)N[C@H](C=O)CC(C)(C)C)C(C)C. The zero-order valence-electron chi connectivity index (χ0n) is 36.8. The maximum absolute atomic E-state index is 13.9. The monoisotopic (exact) mass is 834 g/mol. The highest BCUT2D eigenvalue weighted by Gasteiger charge is 2.36. The minimum absolute atomic E-state index is 0.251. The summed E-state index contributed by atoms with van der Waals surface area (Å²) in [7, 11) is 0. The number of carbonyl (C=O) groups is 8. The molecule has 0 aliphatic carbocycles. The van der Waals surface area contributed by atoms with Crippen LogP contribution in [-0.4, -0.2) is 83.5 Å². The first-order chi connectivity index (χ1) is 27.9. The first-order valence-electron chi connectivity index (χ1n) is 20.4. The van der Waals surface area contributed by atoms with E-state index in [9.17, 15) is 38.4 Å². The van der Waals surface area contributed by atoms with Gasteiger partial charge in [-0.3, -0.25) is 33.6 Å². The molecule has 330 valence electrons. The van der Waals surface area contributed by atoms with Crippen molar-refractivity contribution in [3.8, 4) is 0 Å². The predicted octanol–water partition coefficient (Wildman–Crippen LogP) is 3.07. The number of nitrogens with one attached hydrogen (secondary N) is 5. The van der Waals surface area contributed by atoms with Gasteiger partial charge in [0.1, 0.15) is 36.1 Å². The van der Waals surface area contributed by atoms with E-state index < -0.39 is 102 Å². The van der Waals surface area contributed by atoms with Crippen LogP contribution in [0.4, 0.5) is 0 Å². The molecule has 0 aliphatic rings. The molecular formula is C45H66N6O9. The normalized spacial score (nSPS) is 14.2. The minimum Gasteiger partial charge on any atom is -0.460 e. The highest BCUT2D eigenvalue weighted by molar-refractivity contribution is 5.98. The summed E-state index contributed by atoms with van der Waals surface area (Å²) in [5, 5.41) is 13.1. The maximum Gasteiger partial charge on any atom is 0.308 e. The van der Waals surface area contributed by atoms with Crippen LogP contribution in [0.5, 0.6) is 0 Å². The molecule has 0 aromatic heterocycles. The lowest BCUT2D eigenvalue weighted by Gasteiger charge is -2.30. The predicted molar refractivity (Wildman–Crippen MR) is 228 cm³/mol. The molecule has 6 amide bonds. The van der Waals surface area contributed by atoms with Gasteiger partial charge < -0.3 is 41.8 Å². The second-order valence-electron chi connectivity index (χ2n) is 18.1. The quantitative estimate of drug-likeness (QED) is 0.0755. The number of aldehydes is 1. The molecule has 0 spiro atoms. The summed E-state index contributed by atoms with van der Waals surface area (Å²) in [6, 6.07) is 12.6. The fourth-order valence-corrected chi connectivity index (χ4v) is 6.42. The van der Waals surface area contributed by atoms with Crippen molar-refractivity contribution in [1.29, 1.82) is 0 Å². The largest absolute Gasteiger partial charge is 0.460 e. The van der Waals surface area contributed by atoms with Crippen molar-refractivity contribution < 1.29 is 43.1 Å². The van der Waals surface area contributed by atoms with E-state index in [0.29, 0.717) is 19.1 Å². The summed E-state index contributed by atoms with van der Waals surface area (Å²) in [5.41, 5.74) is 6.08. The molecule has 2 aromatic carbocycles. The van der Waals surface area contributed by atoms with Crippen molar-refractivity contribution in [1.82, 2.24) is 26.6 Å². The van der Waals surface area contributed by atoms with Crippen molar-refractivity contribution in [2.45, 2.75) is 137 Å². The number of ether oxygens (including phenoxy) is 1. The van der Waals surface area contributed by atoms with Gasteiger partial charge >= 0.3 is 5.97 Å². The number of amides is 6. The summed E-state index contributed by atoms with van der Waals surface area (Å²) in [6.45, 7) is 17.3. The van der Waals surface area contributed by atoms with Crippen LogP contribution in [0, 0.1) is 23.2 Å². The fourth-order valence-electron chi connectivity index (χ4n) is 6.42. The van der Waals surface area contributed by atoms with Crippen molar-refractivity contribution in [3.63, 3.8) is 0 Å². The first-order valence-corrected chi connectivity index (χ1v) is 20.4. The second kappa shape index (κ2) is 23.3. The van der Waals surface area contributed by atoms with Crippen molar-refractivity contribution in [2.24, 2.45) is 28.9 Å². The van der Waals surface area contributed by atoms with Crippen LogP contribution < -0.4 is 32.3 Å². The number of primary amides is 1. The van der Waals surface area contributed by atoms with E-state index in [1.165, 1.54) is 0 Å². The van der Waals surface area contributed by atoms with Crippen LogP contribution in [0.15, 0.2) is 60.7 Å². The van der Waals surface area contributed by atoms with Gasteiger partial charge in [-0.2, -0.15) is 0 Å². The first kappa shape index (κ1) is 50.5. The lowest BCUT2D eigenvalue weighted by Crippen LogP contribution is -2.61. The lowest BCUT2D eigenvalue weighted by atomic mass is 9.88. The third-order valence-corrected chi connectivity index (χ3v) is 9.30. The number of benzene rings is 2. The highest BCUT2D eigenvalue weighted by atomic mass is 16.6. The van der Waals surface area contributed by atoms with Crippen LogP contribution in [0.1, 0.15) is 99.6 Å². The minimum atomic E-state index is -1.64. The molecule has 2 rings (SSSR count). The van der Waals surface area contributed by atoms with Gasteiger partial charge in [0, 0.05) is 5.92 Å². The van der Waals surface area contributed by atoms with Gasteiger partial charge in [-0.25, -0.2) is 0 Å². The summed E-state index contributed by atoms with van der Waals surface area (Å²) in [4.78, 5) is 106. The molecule has 0 bridgehead atoms. The summed E-state index contributed by atoms with van der Waals surface area (Å²) >= 11 is 0. The molecule has 5 atom stereocenters. The molecule has 0 aliphatic heterocycles. The average Bonchev–Trinajstić information content (AvgIpc) is 3.13. The third kappa shape index (κ3) is 18.5. The van der Waals surface area contributed by atoms with E-state index >= 15 is 0 Å². The van der Waals surface area contributed by atoms with Crippen molar-refractivity contribution in [3.05, 3.63) is 71.8 Å². The summed E-state index contributed by atoms with van der Waals surface area (Å²) in [6.07, 6.45) is 0.299. The van der Waals surface area contributed by atoms with Crippen LogP contribution in [-0.2, 0) is 55.9 Å². The van der Waals surface area contributed by atoms with Gasteiger partial charge in [-0.1, -0.05) is 109 Å². The van der Waals surface area contributed by atoms with E-state index in [4.69, 9.17) is 10.5 Å². The lowest BCUT2D eigenvalue weighted by molar-refractivity contribution is -0.156. The standard InChI is InChI=1S/C45H66N6O9/c1-27(2)37(51-43(59)38(28(3)4)50-39(55)31(21-29-17-13-11-14-18-29)22-30-19-15-12-16-20-30)42(58)49-33(23-35(46)53)41(57)48-34(24-36(54)60-45(8,9)10)40(56)47-32(26-52)25-44(5,6)7/h11-20,26-28,31-34,37-38H,21-25H2,1-10H3,(H2,46,53)(H,47,56)(H,48,57)(H,49,58)(H,50,55)(H,51,59)/t32-,33-,34-,37-,38-/m0/s1. The van der Waals surface area contributed by atoms with Gasteiger partial charge in [-0.05, 0) is 68.4 Å².